The van der Waals surface area contributed by atoms with Gasteiger partial charge in [0.2, 0.25) is 0 Å². The standard InChI is InChI=1S/C40H63NO2/c1-3-5-7-9-11-13-15-17-19-21-23-25-39(42)35-27-31-37(32-28-35)41-38-33-29-36(30-34-38)40(43)26-24-22-20-18-16-14-12-10-8-6-4-2/h27-34,41H,3-26H2,1-2H3. The van der Waals surface area contributed by atoms with Crippen molar-refractivity contribution in [2.45, 2.75) is 168 Å². The molecule has 0 fully saturated rings. The molecule has 0 bridgehead atoms. The molecule has 0 aliphatic heterocycles. The van der Waals surface area contributed by atoms with E-state index in [1.165, 1.54) is 116 Å². The summed E-state index contributed by atoms with van der Waals surface area (Å²) in [6.07, 6.45) is 29.8. The zero-order valence-electron chi connectivity index (χ0n) is 27.9. The second-order valence-corrected chi connectivity index (χ2v) is 12.7. The van der Waals surface area contributed by atoms with Crippen molar-refractivity contribution in [2.75, 3.05) is 5.32 Å². The molecular formula is C40H63NO2. The minimum absolute atomic E-state index is 0.239. The Labute approximate surface area is 265 Å². The van der Waals surface area contributed by atoms with Crippen LogP contribution in [-0.2, 0) is 0 Å². The summed E-state index contributed by atoms with van der Waals surface area (Å²) in [7, 11) is 0. The number of hydrogen-bond acceptors (Lipinski definition) is 3. The second kappa shape index (κ2) is 25.0. The molecule has 0 radical (unpaired) electrons. The van der Waals surface area contributed by atoms with E-state index >= 15 is 0 Å². The van der Waals surface area contributed by atoms with E-state index in [0.29, 0.717) is 12.8 Å². The van der Waals surface area contributed by atoms with E-state index in [9.17, 15) is 9.59 Å². The number of ketones is 2. The maximum absolute atomic E-state index is 12.6. The van der Waals surface area contributed by atoms with Crippen LogP contribution in [0.5, 0.6) is 0 Å². The topological polar surface area (TPSA) is 46.2 Å². The maximum atomic E-state index is 12.6. The monoisotopic (exact) mass is 589 g/mol. The van der Waals surface area contributed by atoms with Crippen LogP contribution >= 0.6 is 0 Å². The molecule has 0 aliphatic rings. The van der Waals surface area contributed by atoms with Crippen LogP contribution in [0.15, 0.2) is 48.5 Å². The molecule has 0 unspecified atom stereocenters. The van der Waals surface area contributed by atoms with E-state index in [1.807, 2.05) is 48.5 Å². The summed E-state index contributed by atoms with van der Waals surface area (Å²) < 4.78 is 0. The molecule has 0 atom stereocenters. The summed E-state index contributed by atoms with van der Waals surface area (Å²) >= 11 is 0. The fourth-order valence-corrected chi connectivity index (χ4v) is 5.83. The zero-order valence-corrected chi connectivity index (χ0v) is 27.9. The minimum Gasteiger partial charge on any atom is -0.356 e. The smallest absolute Gasteiger partial charge is 0.162 e. The predicted octanol–water partition coefficient (Wildman–Crippen LogP) is 13.2. The normalized spacial score (nSPS) is 11.1. The molecule has 0 saturated heterocycles. The van der Waals surface area contributed by atoms with Gasteiger partial charge in [-0.05, 0) is 61.4 Å². The fourth-order valence-electron chi connectivity index (χ4n) is 5.83. The summed E-state index contributed by atoms with van der Waals surface area (Å²) in [5, 5.41) is 3.39. The molecule has 0 aromatic heterocycles. The first kappa shape index (κ1) is 36.8. The highest BCUT2D eigenvalue weighted by Gasteiger charge is 2.08. The van der Waals surface area contributed by atoms with Crippen molar-refractivity contribution in [3.8, 4) is 0 Å². The molecule has 0 heterocycles. The van der Waals surface area contributed by atoms with E-state index in [0.717, 1.165) is 48.2 Å². The highest BCUT2D eigenvalue weighted by Crippen LogP contribution is 2.21. The Morgan fingerprint density at radius 3 is 0.930 bits per heavy atom. The van der Waals surface area contributed by atoms with Crippen molar-refractivity contribution in [1.29, 1.82) is 0 Å². The first-order chi connectivity index (χ1) is 21.1. The van der Waals surface area contributed by atoms with Gasteiger partial charge in [0.25, 0.3) is 0 Å². The zero-order chi connectivity index (χ0) is 30.8. The summed E-state index contributed by atoms with van der Waals surface area (Å²) in [4.78, 5) is 25.2. The third-order valence-corrected chi connectivity index (χ3v) is 8.72. The molecule has 2 aromatic carbocycles. The molecule has 43 heavy (non-hydrogen) atoms. The SMILES string of the molecule is CCCCCCCCCCCCCC(=O)c1ccc(Nc2ccc(C(=O)CCCCCCCCCCCCC)cc2)cc1. The molecule has 3 nitrogen and oxygen atoms in total. The molecule has 0 spiro atoms. The number of nitrogens with one attached hydrogen (secondary N) is 1. The Bertz CT molecular complexity index is 883. The van der Waals surface area contributed by atoms with Crippen LogP contribution in [0.4, 0.5) is 11.4 Å². The van der Waals surface area contributed by atoms with Gasteiger partial charge < -0.3 is 5.32 Å². The number of unbranched alkanes of at least 4 members (excludes halogenated alkanes) is 20. The first-order valence-corrected chi connectivity index (χ1v) is 18.2. The van der Waals surface area contributed by atoms with Crippen LogP contribution in [0.3, 0.4) is 0 Å². The van der Waals surface area contributed by atoms with Gasteiger partial charge in [0.05, 0.1) is 0 Å². The van der Waals surface area contributed by atoms with E-state index in [-0.39, 0.29) is 11.6 Å². The Morgan fingerprint density at radius 1 is 0.395 bits per heavy atom. The van der Waals surface area contributed by atoms with Gasteiger partial charge in [-0.15, -0.1) is 0 Å². The summed E-state index contributed by atoms with van der Waals surface area (Å²) in [6.45, 7) is 4.53. The van der Waals surface area contributed by atoms with Crippen molar-refractivity contribution in [1.82, 2.24) is 0 Å². The largest absolute Gasteiger partial charge is 0.356 e. The highest BCUT2D eigenvalue weighted by molar-refractivity contribution is 5.97. The quantitative estimate of drug-likeness (QED) is 0.0793. The summed E-state index contributed by atoms with van der Waals surface area (Å²) in [5.74, 6) is 0.478. The maximum Gasteiger partial charge on any atom is 0.162 e. The van der Waals surface area contributed by atoms with Crippen LogP contribution in [0, 0.1) is 0 Å². The van der Waals surface area contributed by atoms with E-state index in [2.05, 4.69) is 19.2 Å². The van der Waals surface area contributed by atoms with E-state index in [4.69, 9.17) is 0 Å². The molecule has 1 N–H and O–H groups in total. The summed E-state index contributed by atoms with van der Waals surface area (Å²) in [5.41, 5.74) is 3.49. The van der Waals surface area contributed by atoms with Crippen LogP contribution in [0.2, 0.25) is 0 Å². The van der Waals surface area contributed by atoms with Gasteiger partial charge >= 0.3 is 0 Å². The number of rotatable bonds is 28. The van der Waals surface area contributed by atoms with Crippen molar-refractivity contribution in [3.63, 3.8) is 0 Å². The van der Waals surface area contributed by atoms with Crippen LogP contribution in [0.1, 0.15) is 189 Å². The van der Waals surface area contributed by atoms with Crippen molar-refractivity contribution in [3.05, 3.63) is 59.7 Å². The van der Waals surface area contributed by atoms with Gasteiger partial charge in [-0.2, -0.15) is 0 Å². The molecule has 3 heteroatoms. The molecule has 0 aliphatic carbocycles. The van der Waals surface area contributed by atoms with Crippen LogP contribution in [0.25, 0.3) is 0 Å². The average molecular weight is 590 g/mol. The van der Waals surface area contributed by atoms with Gasteiger partial charge in [-0.3, -0.25) is 9.59 Å². The third kappa shape index (κ3) is 18.1. The minimum atomic E-state index is 0.239. The highest BCUT2D eigenvalue weighted by atomic mass is 16.1. The van der Waals surface area contributed by atoms with Gasteiger partial charge in [-0.1, -0.05) is 142 Å². The predicted molar refractivity (Wildman–Crippen MR) is 187 cm³/mol. The van der Waals surface area contributed by atoms with E-state index in [1.54, 1.807) is 0 Å². The van der Waals surface area contributed by atoms with E-state index < -0.39 is 0 Å². The first-order valence-electron chi connectivity index (χ1n) is 18.2. The van der Waals surface area contributed by atoms with Crippen molar-refractivity contribution >= 4 is 22.9 Å². The number of benzene rings is 2. The Hall–Kier alpha value is -2.42. The fraction of sp³-hybridized carbons (Fsp3) is 0.650. The van der Waals surface area contributed by atoms with Gasteiger partial charge in [0, 0.05) is 35.3 Å². The lowest BCUT2D eigenvalue weighted by Crippen LogP contribution is -2.00. The molecule has 2 rings (SSSR count). The Balaban J connectivity index is 1.55. The lowest BCUT2D eigenvalue weighted by atomic mass is 10.0. The van der Waals surface area contributed by atoms with Crippen LogP contribution in [-0.4, -0.2) is 11.6 Å². The lowest BCUT2D eigenvalue weighted by Gasteiger charge is -2.09. The Kier molecular flexibility index (Phi) is 21.3. The molecular weight excluding hydrogens is 526 g/mol. The number of carbonyl (C=O) groups excluding carboxylic acids is 2. The van der Waals surface area contributed by atoms with Crippen LogP contribution < -0.4 is 5.32 Å². The number of carbonyl (C=O) groups is 2. The molecule has 0 saturated carbocycles. The molecule has 240 valence electrons. The van der Waals surface area contributed by atoms with Crippen molar-refractivity contribution in [2.24, 2.45) is 0 Å². The Morgan fingerprint density at radius 2 is 0.651 bits per heavy atom. The summed E-state index contributed by atoms with van der Waals surface area (Å²) in [6, 6.07) is 15.6. The lowest BCUT2D eigenvalue weighted by molar-refractivity contribution is 0.0971. The van der Waals surface area contributed by atoms with Gasteiger partial charge in [0.15, 0.2) is 11.6 Å². The van der Waals surface area contributed by atoms with Gasteiger partial charge in [-0.25, -0.2) is 0 Å². The average Bonchev–Trinajstić information content (AvgIpc) is 3.03. The third-order valence-electron chi connectivity index (χ3n) is 8.72. The number of anilines is 2. The number of Topliss-reactive ketones (excluding diaryl/α,β-unsaturated/α-hetero) is 2. The number of hydrogen-bond donors (Lipinski definition) is 1. The van der Waals surface area contributed by atoms with Crippen molar-refractivity contribution < 1.29 is 9.59 Å². The van der Waals surface area contributed by atoms with Gasteiger partial charge in [0.1, 0.15) is 0 Å². The molecule has 0 amide bonds. The molecule has 2 aromatic rings. The second-order valence-electron chi connectivity index (χ2n) is 12.7.